The maximum atomic E-state index is 13.3. The van der Waals surface area contributed by atoms with Crippen LogP contribution in [0.25, 0.3) is 0 Å². The van der Waals surface area contributed by atoms with Crippen LogP contribution in [0.1, 0.15) is 26.3 Å². The fraction of sp³-hybridized carbons (Fsp3) is 0.0588. The first-order valence-electron chi connectivity index (χ1n) is 6.81. The molecule has 3 nitrogen and oxygen atoms in total. The number of anilines is 1. The molecule has 0 saturated heterocycles. The van der Waals surface area contributed by atoms with Crippen LogP contribution in [0.5, 0.6) is 0 Å². The highest BCUT2D eigenvalue weighted by molar-refractivity contribution is 6.25. The Morgan fingerprint density at radius 3 is 2.25 bits per heavy atom. The van der Waals surface area contributed by atoms with Gasteiger partial charge in [-0.3, -0.25) is 9.59 Å². The van der Waals surface area contributed by atoms with Gasteiger partial charge in [0.2, 0.25) is 5.78 Å². The largest absolute Gasteiger partial charge is 0.419 e. The molecule has 0 fully saturated rings. The van der Waals surface area contributed by atoms with Gasteiger partial charge in [0.05, 0.1) is 11.3 Å². The summed E-state index contributed by atoms with van der Waals surface area (Å²) in [5, 5.41) is 2.47. The second-order valence-electron chi connectivity index (χ2n) is 5.11. The van der Waals surface area contributed by atoms with E-state index in [2.05, 4.69) is 5.32 Å². The Morgan fingerprint density at radius 2 is 1.58 bits per heavy atom. The van der Waals surface area contributed by atoms with Gasteiger partial charge >= 0.3 is 6.18 Å². The van der Waals surface area contributed by atoms with Crippen molar-refractivity contribution < 1.29 is 27.2 Å². The second kappa shape index (κ2) is 5.59. The van der Waals surface area contributed by atoms with E-state index in [4.69, 9.17) is 0 Å². The predicted octanol–water partition coefficient (Wildman–Crippen LogP) is 4.22. The van der Waals surface area contributed by atoms with Gasteiger partial charge in [0.25, 0.3) is 0 Å². The standard InChI is InChI=1S/C17H9F4NO2/c18-13-6-5-9(7-12(13)17(19,20)21)22-14-8-15(23)10-3-1-2-4-11(10)16(14)24/h1-8,22H. The van der Waals surface area contributed by atoms with Crippen molar-refractivity contribution in [1.29, 1.82) is 0 Å². The fourth-order valence-electron chi connectivity index (χ4n) is 2.38. The molecule has 24 heavy (non-hydrogen) atoms. The summed E-state index contributed by atoms with van der Waals surface area (Å²) in [4.78, 5) is 24.3. The van der Waals surface area contributed by atoms with E-state index in [1.165, 1.54) is 12.1 Å². The van der Waals surface area contributed by atoms with Gasteiger partial charge in [0, 0.05) is 22.9 Å². The summed E-state index contributed by atoms with van der Waals surface area (Å²) < 4.78 is 51.5. The molecule has 0 radical (unpaired) electrons. The molecule has 0 heterocycles. The third-order valence-electron chi connectivity index (χ3n) is 3.51. The van der Waals surface area contributed by atoms with E-state index in [0.717, 1.165) is 12.1 Å². The average Bonchev–Trinajstić information content (AvgIpc) is 2.53. The Balaban J connectivity index is 1.96. The number of alkyl halides is 3. The molecule has 3 rings (SSSR count). The molecule has 1 N–H and O–H groups in total. The first-order valence-corrected chi connectivity index (χ1v) is 6.81. The van der Waals surface area contributed by atoms with E-state index in [1.807, 2.05) is 0 Å². The van der Waals surface area contributed by atoms with E-state index >= 15 is 0 Å². The van der Waals surface area contributed by atoms with Crippen molar-refractivity contribution in [3.05, 3.63) is 76.7 Å². The SMILES string of the molecule is O=C1C=C(Nc2ccc(F)c(C(F)(F)F)c2)C(=O)c2ccccc21. The molecule has 7 heteroatoms. The Kier molecular flexibility index (Phi) is 3.71. The van der Waals surface area contributed by atoms with Crippen LogP contribution < -0.4 is 5.32 Å². The Labute approximate surface area is 133 Å². The van der Waals surface area contributed by atoms with Gasteiger partial charge in [0.1, 0.15) is 5.82 Å². The molecule has 2 aromatic rings. The molecule has 1 aliphatic rings. The van der Waals surface area contributed by atoms with Gasteiger partial charge < -0.3 is 5.32 Å². The molecule has 0 saturated carbocycles. The summed E-state index contributed by atoms with van der Waals surface area (Å²) in [6.07, 6.45) is -3.85. The van der Waals surface area contributed by atoms with Gasteiger partial charge in [-0.2, -0.15) is 13.2 Å². The number of fused-ring (bicyclic) bond motifs is 1. The number of carbonyl (C=O) groups excluding carboxylic acids is 2. The third kappa shape index (κ3) is 2.80. The highest BCUT2D eigenvalue weighted by Gasteiger charge is 2.34. The van der Waals surface area contributed by atoms with E-state index in [1.54, 1.807) is 12.1 Å². The number of allylic oxidation sites excluding steroid dienone is 2. The van der Waals surface area contributed by atoms with Gasteiger partial charge in [0.15, 0.2) is 5.78 Å². The van der Waals surface area contributed by atoms with Gasteiger partial charge in [-0.25, -0.2) is 4.39 Å². The minimum atomic E-state index is -4.87. The summed E-state index contributed by atoms with van der Waals surface area (Å²) >= 11 is 0. The number of benzene rings is 2. The van der Waals surface area contributed by atoms with Crippen LogP contribution in [-0.4, -0.2) is 11.6 Å². The Morgan fingerprint density at radius 1 is 0.917 bits per heavy atom. The van der Waals surface area contributed by atoms with Crippen molar-refractivity contribution in [3.8, 4) is 0 Å². The van der Waals surface area contributed by atoms with Crippen LogP contribution in [-0.2, 0) is 6.18 Å². The van der Waals surface area contributed by atoms with Crippen molar-refractivity contribution >= 4 is 17.3 Å². The lowest BCUT2D eigenvalue weighted by Crippen LogP contribution is -2.21. The molecule has 1 aliphatic carbocycles. The van der Waals surface area contributed by atoms with Crippen LogP contribution >= 0.6 is 0 Å². The molecule has 0 atom stereocenters. The van der Waals surface area contributed by atoms with Crippen molar-refractivity contribution in [1.82, 2.24) is 0 Å². The normalized spacial score (nSPS) is 14.2. The van der Waals surface area contributed by atoms with Crippen molar-refractivity contribution in [2.75, 3.05) is 5.32 Å². The molecular formula is C17H9F4NO2. The quantitative estimate of drug-likeness (QED) is 0.836. The number of carbonyl (C=O) groups is 2. The smallest absolute Gasteiger partial charge is 0.352 e. The molecule has 0 amide bonds. The van der Waals surface area contributed by atoms with E-state index in [0.29, 0.717) is 12.1 Å². The third-order valence-corrected chi connectivity index (χ3v) is 3.51. The number of halogens is 4. The topological polar surface area (TPSA) is 46.2 Å². The number of hydrogen-bond acceptors (Lipinski definition) is 3. The molecular weight excluding hydrogens is 326 g/mol. The lowest BCUT2D eigenvalue weighted by molar-refractivity contribution is -0.139. The van der Waals surface area contributed by atoms with E-state index in [9.17, 15) is 27.2 Å². The van der Waals surface area contributed by atoms with Crippen LogP contribution in [0, 0.1) is 5.82 Å². The van der Waals surface area contributed by atoms with Crippen LogP contribution in [0.3, 0.4) is 0 Å². The number of rotatable bonds is 2. The Bertz CT molecular complexity index is 884. The van der Waals surface area contributed by atoms with Crippen molar-refractivity contribution in [3.63, 3.8) is 0 Å². The minimum absolute atomic E-state index is 0.143. The minimum Gasteiger partial charge on any atom is -0.352 e. The summed E-state index contributed by atoms with van der Waals surface area (Å²) in [5.74, 6) is -2.38. The molecule has 122 valence electrons. The van der Waals surface area contributed by atoms with Crippen LogP contribution in [0.4, 0.5) is 23.2 Å². The van der Waals surface area contributed by atoms with E-state index < -0.39 is 29.1 Å². The lowest BCUT2D eigenvalue weighted by atomic mass is 9.92. The molecule has 2 aromatic carbocycles. The zero-order chi connectivity index (χ0) is 17.5. The highest BCUT2D eigenvalue weighted by Crippen LogP contribution is 2.33. The van der Waals surface area contributed by atoms with E-state index in [-0.39, 0.29) is 22.5 Å². The first-order chi connectivity index (χ1) is 11.3. The number of nitrogens with one attached hydrogen (secondary N) is 1. The van der Waals surface area contributed by atoms with Crippen molar-refractivity contribution in [2.24, 2.45) is 0 Å². The maximum absolute atomic E-state index is 13.3. The Hall–Kier alpha value is -2.96. The number of Topliss-reactive ketones (excluding diaryl/α,β-unsaturated/α-hetero) is 1. The zero-order valence-electron chi connectivity index (χ0n) is 11.9. The zero-order valence-corrected chi connectivity index (χ0v) is 11.9. The maximum Gasteiger partial charge on any atom is 0.419 e. The van der Waals surface area contributed by atoms with Gasteiger partial charge in [-0.05, 0) is 18.2 Å². The average molecular weight is 335 g/mol. The first kappa shape index (κ1) is 15.9. The summed E-state index contributed by atoms with van der Waals surface area (Å²) in [6, 6.07) is 8.38. The van der Waals surface area contributed by atoms with Crippen molar-refractivity contribution in [2.45, 2.75) is 6.18 Å². The number of hydrogen-bond donors (Lipinski definition) is 1. The summed E-state index contributed by atoms with van der Waals surface area (Å²) in [6.45, 7) is 0. The molecule has 0 aromatic heterocycles. The number of ketones is 2. The second-order valence-corrected chi connectivity index (χ2v) is 5.11. The van der Waals surface area contributed by atoms with Gasteiger partial charge in [-0.15, -0.1) is 0 Å². The summed E-state index contributed by atoms with van der Waals surface area (Å²) in [5.41, 5.74) is -1.38. The van der Waals surface area contributed by atoms with Gasteiger partial charge in [-0.1, -0.05) is 24.3 Å². The molecule has 0 bridgehead atoms. The molecule has 0 spiro atoms. The fourth-order valence-corrected chi connectivity index (χ4v) is 2.38. The molecule has 0 aliphatic heterocycles. The monoisotopic (exact) mass is 335 g/mol. The van der Waals surface area contributed by atoms with Crippen LogP contribution in [0.2, 0.25) is 0 Å². The lowest BCUT2D eigenvalue weighted by Gasteiger charge is -2.17. The highest BCUT2D eigenvalue weighted by atomic mass is 19.4. The predicted molar refractivity (Wildman–Crippen MR) is 78.2 cm³/mol. The summed E-state index contributed by atoms with van der Waals surface area (Å²) in [7, 11) is 0. The van der Waals surface area contributed by atoms with Crippen LogP contribution in [0.15, 0.2) is 54.2 Å². The molecule has 0 unspecified atom stereocenters.